The predicted molar refractivity (Wildman–Crippen MR) is 85.5 cm³/mol. The number of benzene rings is 1. The SMILES string of the molecule is NCc1cc2ncc(C(=O)O)n2cc1-c1ccc(Cl)cc1Cl. The van der Waals surface area contributed by atoms with Gasteiger partial charge in [-0.2, -0.15) is 0 Å². The summed E-state index contributed by atoms with van der Waals surface area (Å²) in [4.78, 5) is 15.4. The normalized spacial score (nSPS) is 11.0. The first kappa shape index (κ1) is 14.8. The smallest absolute Gasteiger partial charge is 0.354 e. The Labute approximate surface area is 135 Å². The molecule has 3 rings (SSSR count). The maximum Gasteiger partial charge on any atom is 0.354 e. The van der Waals surface area contributed by atoms with Crippen LogP contribution in [-0.2, 0) is 6.54 Å². The van der Waals surface area contributed by atoms with Crippen molar-refractivity contribution in [2.75, 3.05) is 0 Å². The van der Waals surface area contributed by atoms with Crippen molar-refractivity contribution in [1.29, 1.82) is 0 Å². The molecule has 0 atom stereocenters. The number of imidazole rings is 1. The number of aromatic carboxylic acids is 1. The zero-order chi connectivity index (χ0) is 15.9. The van der Waals surface area contributed by atoms with Crippen LogP contribution >= 0.6 is 23.2 Å². The van der Waals surface area contributed by atoms with Crippen LogP contribution < -0.4 is 5.73 Å². The second kappa shape index (κ2) is 5.61. The van der Waals surface area contributed by atoms with Gasteiger partial charge in [0.2, 0.25) is 0 Å². The van der Waals surface area contributed by atoms with Crippen molar-refractivity contribution >= 4 is 34.8 Å². The molecule has 0 aliphatic carbocycles. The highest BCUT2D eigenvalue weighted by Gasteiger charge is 2.15. The second-order valence-electron chi connectivity index (χ2n) is 4.72. The molecule has 0 saturated carbocycles. The molecule has 3 aromatic rings. The summed E-state index contributed by atoms with van der Waals surface area (Å²) in [5, 5.41) is 10.2. The largest absolute Gasteiger partial charge is 0.477 e. The molecule has 5 nitrogen and oxygen atoms in total. The van der Waals surface area contributed by atoms with Gasteiger partial charge in [0.15, 0.2) is 5.69 Å². The number of hydrogen-bond donors (Lipinski definition) is 2. The van der Waals surface area contributed by atoms with Gasteiger partial charge in [-0.15, -0.1) is 0 Å². The molecule has 7 heteroatoms. The van der Waals surface area contributed by atoms with Gasteiger partial charge >= 0.3 is 5.97 Å². The monoisotopic (exact) mass is 335 g/mol. The van der Waals surface area contributed by atoms with Gasteiger partial charge in [-0.25, -0.2) is 9.78 Å². The Morgan fingerprint density at radius 2 is 2.05 bits per heavy atom. The van der Waals surface area contributed by atoms with Gasteiger partial charge in [-0.1, -0.05) is 29.3 Å². The topological polar surface area (TPSA) is 80.6 Å². The van der Waals surface area contributed by atoms with Crippen LogP contribution in [0.2, 0.25) is 10.0 Å². The quantitative estimate of drug-likeness (QED) is 0.767. The van der Waals surface area contributed by atoms with Crippen LogP contribution in [0, 0.1) is 0 Å². The van der Waals surface area contributed by atoms with E-state index in [2.05, 4.69) is 4.98 Å². The second-order valence-corrected chi connectivity index (χ2v) is 5.56. The minimum absolute atomic E-state index is 0.0740. The fourth-order valence-electron chi connectivity index (χ4n) is 2.34. The molecule has 22 heavy (non-hydrogen) atoms. The van der Waals surface area contributed by atoms with Gasteiger partial charge < -0.3 is 10.8 Å². The Bertz CT molecular complexity index is 890. The van der Waals surface area contributed by atoms with Crippen molar-refractivity contribution in [3.63, 3.8) is 0 Å². The molecule has 0 aliphatic heterocycles. The van der Waals surface area contributed by atoms with E-state index in [1.165, 1.54) is 10.6 Å². The van der Waals surface area contributed by atoms with E-state index in [1.807, 2.05) is 0 Å². The van der Waals surface area contributed by atoms with Crippen LogP contribution in [0.4, 0.5) is 0 Å². The van der Waals surface area contributed by atoms with Crippen LogP contribution in [0.1, 0.15) is 16.1 Å². The first-order valence-electron chi connectivity index (χ1n) is 6.40. The molecule has 2 aromatic heterocycles. The highest BCUT2D eigenvalue weighted by Crippen LogP contribution is 2.33. The molecule has 0 bridgehead atoms. The Morgan fingerprint density at radius 3 is 2.68 bits per heavy atom. The molecule has 0 fully saturated rings. The maximum atomic E-state index is 11.3. The zero-order valence-electron chi connectivity index (χ0n) is 11.3. The summed E-state index contributed by atoms with van der Waals surface area (Å²) in [6.45, 7) is 0.278. The van der Waals surface area contributed by atoms with Crippen molar-refractivity contribution in [2.45, 2.75) is 6.54 Å². The fourth-order valence-corrected chi connectivity index (χ4v) is 2.85. The van der Waals surface area contributed by atoms with Gasteiger partial charge in [0.1, 0.15) is 5.65 Å². The van der Waals surface area contributed by atoms with Gasteiger partial charge in [0.25, 0.3) is 0 Å². The summed E-state index contributed by atoms with van der Waals surface area (Å²) in [5.74, 6) is -1.05. The van der Waals surface area contributed by atoms with Gasteiger partial charge in [0, 0.05) is 33.9 Å². The zero-order valence-corrected chi connectivity index (χ0v) is 12.8. The van der Waals surface area contributed by atoms with E-state index >= 15 is 0 Å². The van der Waals surface area contributed by atoms with Crippen molar-refractivity contribution in [2.24, 2.45) is 5.73 Å². The molecule has 0 aliphatic rings. The lowest BCUT2D eigenvalue weighted by atomic mass is 10.0. The van der Waals surface area contributed by atoms with Crippen LogP contribution in [0.3, 0.4) is 0 Å². The molecule has 112 valence electrons. The highest BCUT2D eigenvalue weighted by molar-refractivity contribution is 6.36. The number of aromatic nitrogens is 2. The summed E-state index contributed by atoms with van der Waals surface area (Å²) in [6.07, 6.45) is 2.99. The number of nitrogens with zero attached hydrogens (tertiary/aromatic N) is 2. The standard InChI is InChI=1S/C15H11Cl2N3O2/c16-9-1-2-10(12(17)4-9)11-7-20-13(15(21)22)6-19-14(20)3-8(11)5-18/h1-4,6-7H,5,18H2,(H,21,22). The average Bonchev–Trinajstić information content (AvgIpc) is 2.89. The molecule has 0 spiro atoms. The molecule has 0 saturated heterocycles. The number of hydrogen-bond acceptors (Lipinski definition) is 3. The van der Waals surface area contributed by atoms with Crippen molar-refractivity contribution < 1.29 is 9.90 Å². The third-order valence-corrected chi connectivity index (χ3v) is 3.94. The molecular formula is C15H11Cl2N3O2. The molecule has 0 amide bonds. The summed E-state index contributed by atoms with van der Waals surface area (Å²) in [7, 11) is 0. The molecule has 1 aromatic carbocycles. The third kappa shape index (κ3) is 2.43. The maximum absolute atomic E-state index is 11.3. The summed E-state index contributed by atoms with van der Waals surface area (Å²) in [6, 6.07) is 6.89. The van der Waals surface area contributed by atoms with Crippen molar-refractivity contribution in [1.82, 2.24) is 9.38 Å². The molecule has 0 radical (unpaired) electrons. The third-order valence-electron chi connectivity index (χ3n) is 3.39. The lowest BCUT2D eigenvalue weighted by molar-refractivity contribution is 0.0689. The van der Waals surface area contributed by atoms with Crippen LogP contribution in [0.15, 0.2) is 36.7 Å². The number of carbonyl (C=O) groups is 1. The first-order chi connectivity index (χ1) is 10.5. The number of halogens is 2. The fraction of sp³-hybridized carbons (Fsp3) is 0.0667. The van der Waals surface area contributed by atoms with E-state index in [1.54, 1.807) is 30.5 Å². The van der Waals surface area contributed by atoms with E-state index in [-0.39, 0.29) is 12.2 Å². The van der Waals surface area contributed by atoms with Crippen LogP contribution in [-0.4, -0.2) is 20.5 Å². The Morgan fingerprint density at radius 1 is 1.27 bits per heavy atom. The van der Waals surface area contributed by atoms with E-state index in [0.717, 1.165) is 16.7 Å². The van der Waals surface area contributed by atoms with E-state index in [9.17, 15) is 9.90 Å². The number of nitrogens with two attached hydrogens (primary N) is 1. The Hall–Kier alpha value is -2.08. The predicted octanol–water partition coefficient (Wildman–Crippen LogP) is 3.47. The number of rotatable bonds is 3. The Kier molecular flexibility index (Phi) is 3.78. The van der Waals surface area contributed by atoms with Gasteiger partial charge in [0.05, 0.1) is 6.20 Å². The molecule has 0 unspecified atom stereocenters. The van der Waals surface area contributed by atoms with E-state index < -0.39 is 5.97 Å². The minimum Gasteiger partial charge on any atom is -0.477 e. The molecule has 3 N–H and O–H groups in total. The number of carboxylic acids is 1. The lowest BCUT2D eigenvalue weighted by Gasteiger charge is -2.12. The number of pyridine rings is 1. The minimum atomic E-state index is -1.05. The highest BCUT2D eigenvalue weighted by atomic mass is 35.5. The number of fused-ring (bicyclic) bond motifs is 1. The number of carboxylic acid groups (broad SMARTS) is 1. The van der Waals surface area contributed by atoms with E-state index in [4.69, 9.17) is 28.9 Å². The summed E-state index contributed by atoms with van der Waals surface area (Å²) >= 11 is 12.2. The average molecular weight is 336 g/mol. The Balaban J connectivity index is 2.31. The van der Waals surface area contributed by atoms with Crippen molar-refractivity contribution in [3.05, 3.63) is 58.0 Å². The summed E-state index contributed by atoms with van der Waals surface area (Å²) in [5.41, 5.74) is 8.70. The first-order valence-corrected chi connectivity index (χ1v) is 7.15. The van der Waals surface area contributed by atoms with Gasteiger partial charge in [-0.3, -0.25) is 4.40 Å². The molecular weight excluding hydrogens is 325 g/mol. The van der Waals surface area contributed by atoms with Crippen molar-refractivity contribution in [3.8, 4) is 11.1 Å². The lowest BCUT2D eigenvalue weighted by Crippen LogP contribution is -2.05. The van der Waals surface area contributed by atoms with Crippen LogP contribution in [0.5, 0.6) is 0 Å². The van der Waals surface area contributed by atoms with Gasteiger partial charge in [-0.05, 0) is 23.8 Å². The molecule has 2 heterocycles. The summed E-state index contributed by atoms with van der Waals surface area (Å²) < 4.78 is 1.50. The van der Waals surface area contributed by atoms with Crippen LogP contribution in [0.25, 0.3) is 16.8 Å². The van der Waals surface area contributed by atoms with E-state index in [0.29, 0.717) is 15.7 Å².